The highest BCUT2D eigenvalue weighted by atomic mass is 35.5. The maximum Gasteiger partial charge on any atom is 0.229 e. The van der Waals surface area contributed by atoms with Crippen molar-refractivity contribution >= 4 is 46.0 Å². The minimum atomic E-state index is -0.394. The quantitative estimate of drug-likeness (QED) is 0.547. The van der Waals surface area contributed by atoms with Crippen LogP contribution in [0.3, 0.4) is 0 Å². The number of piperidine rings is 1. The van der Waals surface area contributed by atoms with Crippen LogP contribution in [0, 0.1) is 5.92 Å². The van der Waals surface area contributed by atoms with Gasteiger partial charge in [0.1, 0.15) is 5.52 Å². The molecule has 1 unspecified atom stereocenters. The van der Waals surface area contributed by atoms with Crippen molar-refractivity contribution in [3.63, 3.8) is 0 Å². The van der Waals surface area contributed by atoms with Crippen LogP contribution in [0.15, 0.2) is 42.5 Å². The number of anilines is 1. The Kier molecular flexibility index (Phi) is 6.68. The number of nitrogens with one attached hydrogen (secondary N) is 2. The molecule has 0 spiro atoms. The summed E-state index contributed by atoms with van der Waals surface area (Å²) in [6.07, 6.45) is 2.81. The molecule has 0 radical (unpaired) electrons. The van der Waals surface area contributed by atoms with Crippen molar-refractivity contribution < 1.29 is 14.4 Å². The monoisotopic (exact) mass is 494 g/mol. The minimum Gasteiger partial charge on any atom is -0.343 e. The first-order valence-corrected chi connectivity index (χ1v) is 12.3. The number of amides is 3. The van der Waals surface area contributed by atoms with Gasteiger partial charge in [-0.15, -0.1) is 5.10 Å². The molecule has 2 fully saturated rings. The average molecular weight is 495 g/mol. The van der Waals surface area contributed by atoms with Crippen molar-refractivity contribution in [3.05, 3.63) is 53.1 Å². The van der Waals surface area contributed by atoms with Crippen molar-refractivity contribution in [1.82, 2.24) is 25.2 Å². The smallest absolute Gasteiger partial charge is 0.229 e. The number of hydrogen-bond acceptors (Lipinski definition) is 5. The molecule has 2 saturated heterocycles. The van der Waals surface area contributed by atoms with Gasteiger partial charge in [-0.2, -0.15) is 0 Å². The molecule has 35 heavy (non-hydrogen) atoms. The zero-order valence-corrected chi connectivity index (χ0v) is 20.0. The molecule has 0 bridgehead atoms. The molecule has 2 aromatic carbocycles. The Hall–Kier alpha value is -3.46. The van der Waals surface area contributed by atoms with E-state index in [0.29, 0.717) is 48.7 Å². The fourth-order valence-corrected chi connectivity index (χ4v) is 5.04. The molecule has 5 rings (SSSR count). The van der Waals surface area contributed by atoms with Crippen LogP contribution in [0.25, 0.3) is 11.0 Å². The SMILES string of the molecule is O=C(Nc1ccc2[nH]nnc2c1)C1CC(=O)N(C2CCN(C(=O)CCc3ccc(Cl)cc3)CC2)C1. The molecule has 3 aromatic rings. The molecule has 10 heteroatoms. The summed E-state index contributed by atoms with van der Waals surface area (Å²) < 4.78 is 0. The standard InChI is InChI=1S/C25H27ClN6O3/c26-18-4-1-16(2-5-18)3-8-23(33)31-11-9-20(10-12-31)32-15-17(13-24(32)34)25(35)27-19-6-7-21-22(14-19)29-30-28-21/h1-2,4-7,14,17,20H,3,8-13,15H2,(H,27,35)(H,28,29,30). The van der Waals surface area contributed by atoms with Crippen molar-refractivity contribution in [2.24, 2.45) is 5.92 Å². The Morgan fingerprint density at radius 1 is 1.11 bits per heavy atom. The second-order valence-electron chi connectivity index (χ2n) is 9.22. The largest absolute Gasteiger partial charge is 0.343 e. The summed E-state index contributed by atoms with van der Waals surface area (Å²) in [5.41, 5.74) is 3.18. The molecule has 0 aliphatic carbocycles. The fourth-order valence-electron chi connectivity index (χ4n) is 4.91. The lowest BCUT2D eigenvalue weighted by molar-refractivity contribution is -0.134. The highest BCUT2D eigenvalue weighted by molar-refractivity contribution is 6.30. The topological polar surface area (TPSA) is 111 Å². The van der Waals surface area contributed by atoms with E-state index in [-0.39, 0.29) is 30.2 Å². The molecular weight excluding hydrogens is 468 g/mol. The van der Waals surface area contributed by atoms with Crippen LogP contribution in [0.5, 0.6) is 0 Å². The van der Waals surface area contributed by atoms with Crippen molar-refractivity contribution in [1.29, 1.82) is 0 Å². The molecule has 2 aliphatic heterocycles. The van der Waals surface area contributed by atoms with Gasteiger partial charge in [0, 0.05) is 49.2 Å². The molecule has 2 N–H and O–H groups in total. The van der Waals surface area contributed by atoms with E-state index in [1.54, 1.807) is 12.1 Å². The summed E-state index contributed by atoms with van der Waals surface area (Å²) >= 11 is 5.92. The molecule has 3 heterocycles. The Morgan fingerprint density at radius 3 is 2.66 bits per heavy atom. The summed E-state index contributed by atoms with van der Waals surface area (Å²) in [4.78, 5) is 41.9. The summed E-state index contributed by atoms with van der Waals surface area (Å²) in [5, 5.41) is 14.1. The van der Waals surface area contributed by atoms with Crippen LogP contribution < -0.4 is 5.32 Å². The van der Waals surface area contributed by atoms with Gasteiger partial charge in [0.15, 0.2) is 0 Å². The zero-order chi connectivity index (χ0) is 24.4. The maximum atomic E-state index is 12.8. The minimum absolute atomic E-state index is 0.00428. The normalized spacial score (nSPS) is 18.9. The number of H-pyrrole nitrogens is 1. The number of nitrogens with zero attached hydrogens (tertiary/aromatic N) is 4. The third-order valence-corrected chi connectivity index (χ3v) is 7.17. The van der Waals surface area contributed by atoms with Crippen LogP contribution in [0.4, 0.5) is 5.69 Å². The highest BCUT2D eigenvalue weighted by Gasteiger charge is 2.39. The van der Waals surface area contributed by atoms with Crippen LogP contribution in [-0.4, -0.2) is 68.6 Å². The first-order valence-electron chi connectivity index (χ1n) is 11.9. The van der Waals surface area contributed by atoms with Gasteiger partial charge in [-0.1, -0.05) is 28.9 Å². The van der Waals surface area contributed by atoms with E-state index >= 15 is 0 Å². The van der Waals surface area contributed by atoms with Gasteiger partial charge in [-0.3, -0.25) is 19.5 Å². The number of likely N-dealkylation sites (tertiary alicyclic amines) is 2. The summed E-state index contributed by atoms with van der Waals surface area (Å²) in [7, 11) is 0. The number of carbonyl (C=O) groups is 3. The molecule has 2 aliphatic rings. The van der Waals surface area contributed by atoms with Crippen LogP contribution in [0.2, 0.25) is 5.02 Å². The van der Waals surface area contributed by atoms with E-state index in [1.807, 2.05) is 40.1 Å². The van der Waals surface area contributed by atoms with Crippen LogP contribution >= 0.6 is 11.6 Å². The molecule has 3 amide bonds. The van der Waals surface area contributed by atoms with Gasteiger partial charge in [0.2, 0.25) is 17.7 Å². The van der Waals surface area contributed by atoms with Crippen molar-refractivity contribution in [3.8, 4) is 0 Å². The van der Waals surface area contributed by atoms with Gasteiger partial charge in [0.05, 0.1) is 11.4 Å². The predicted molar refractivity (Wildman–Crippen MR) is 132 cm³/mol. The van der Waals surface area contributed by atoms with Gasteiger partial charge >= 0.3 is 0 Å². The third kappa shape index (κ3) is 5.30. The van der Waals surface area contributed by atoms with Gasteiger partial charge in [-0.05, 0) is 55.2 Å². The van der Waals surface area contributed by atoms with Gasteiger partial charge < -0.3 is 15.1 Å². The summed E-state index contributed by atoms with van der Waals surface area (Å²) in [6, 6.07) is 13.0. The first kappa shape index (κ1) is 23.3. The lowest BCUT2D eigenvalue weighted by Gasteiger charge is -2.37. The van der Waals surface area contributed by atoms with Crippen LogP contribution in [0.1, 0.15) is 31.2 Å². The number of halogens is 1. The number of carbonyl (C=O) groups excluding carboxylic acids is 3. The molecule has 1 atom stereocenters. The molecule has 9 nitrogen and oxygen atoms in total. The molecule has 1 aromatic heterocycles. The van der Waals surface area contributed by atoms with Gasteiger partial charge in [-0.25, -0.2) is 0 Å². The number of aromatic amines is 1. The lowest BCUT2D eigenvalue weighted by atomic mass is 10.0. The number of aromatic nitrogens is 3. The Bertz CT molecular complexity index is 1240. The van der Waals surface area contributed by atoms with Crippen molar-refractivity contribution in [2.45, 2.75) is 38.1 Å². The second-order valence-corrected chi connectivity index (χ2v) is 9.65. The van der Waals surface area contributed by atoms with E-state index in [0.717, 1.165) is 23.9 Å². The maximum absolute atomic E-state index is 12.8. The third-order valence-electron chi connectivity index (χ3n) is 6.92. The number of hydrogen-bond donors (Lipinski definition) is 2. The fraction of sp³-hybridized carbons (Fsp3) is 0.400. The van der Waals surface area contributed by atoms with E-state index in [4.69, 9.17) is 11.6 Å². The molecule has 182 valence electrons. The number of rotatable bonds is 6. The Labute approximate surface area is 207 Å². The second kappa shape index (κ2) is 10.0. The Balaban J connectivity index is 1.10. The number of fused-ring (bicyclic) bond motifs is 1. The highest BCUT2D eigenvalue weighted by Crippen LogP contribution is 2.27. The van der Waals surface area contributed by atoms with E-state index in [1.165, 1.54) is 0 Å². The first-order chi connectivity index (χ1) is 17.0. The molecule has 0 saturated carbocycles. The van der Waals surface area contributed by atoms with Crippen LogP contribution in [-0.2, 0) is 20.8 Å². The molecular formula is C25H27ClN6O3. The summed E-state index contributed by atoms with van der Waals surface area (Å²) in [6.45, 7) is 1.66. The predicted octanol–water partition coefficient (Wildman–Crippen LogP) is 3.02. The van der Waals surface area contributed by atoms with E-state index in [2.05, 4.69) is 20.7 Å². The lowest BCUT2D eigenvalue weighted by Crippen LogP contribution is -2.47. The van der Waals surface area contributed by atoms with E-state index in [9.17, 15) is 14.4 Å². The number of aryl methyl sites for hydroxylation is 1. The van der Waals surface area contributed by atoms with Crippen molar-refractivity contribution in [2.75, 3.05) is 25.0 Å². The average Bonchev–Trinajstić information content (AvgIpc) is 3.50. The summed E-state index contributed by atoms with van der Waals surface area (Å²) in [5.74, 6) is -0.426. The number of benzene rings is 2. The van der Waals surface area contributed by atoms with E-state index < -0.39 is 5.92 Å². The Morgan fingerprint density at radius 2 is 1.89 bits per heavy atom. The zero-order valence-electron chi connectivity index (χ0n) is 19.2. The van der Waals surface area contributed by atoms with Gasteiger partial charge in [0.25, 0.3) is 0 Å².